The topological polar surface area (TPSA) is 58.6 Å². The fourth-order valence-electron chi connectivity index (χ4n) is 2.13. The van der Waals surface area contributed by atoms with E-state index >= 15 is 0 Å². The molecule has 106 valence electrons. The quantitative estimate of drug-likeness (QED) is 0.849. The van der Waals surface area contributed by atoms with Gasteiger partial charge in [0, 0.05) is 12.1 Å². The van der Waals surface area contributed by atoms with Crippen LogP contribution in [-0.4, -0.2) is 23.7 Å². The highest BCUT2D eigenvalue weighted by Gasteiger charge is 2.13. The van der Waals surface area contributed by atoms with Gasteiger partial charge < -0.3 is 15.2 Å². The minimum Gasteiger partial charge on any atom is -0.494 e. The Morgan fingerprint density at radius 1 is 1.30 bits per heavy atom. The molecule has 4 heteroatoms. The van der Waals surface area contributed by atoms with Gasteiger partial charge in [-0.2, -0.15) is 0 Å². The lowest BCUT2D eigenvalue weighted by Crippen LogP contribution is -2.33. The van der Waals surface area contributed by atoms with Crippen LogP contribution >= 0.6 is 0 Å². The van der Waals surface area contributed by atoms with Gasteiger partial charge in [-0.3, -0.25) is 4.79 Å². The summed E-state index contributed by atoms with van der Waals surface area (Å²) in [5.74, 6) is -0.0560. The zero-order chi connectivity index (χ0) is 14.5. The molecule has 0 aliphatic rings. The van der Waals surface area contributed by atoms with Crippen molar-refractivity contribution in [2.24, 2.45) is 0 Å². The zero-order valence-corrected chi connectivity index (χ0v) is 11.7. The minimum absolute atomic E-state index is 0.462. The van der Waals surface area contributed by atoms with Crippen LogP contribution in [0.5, 0.6) is 5.75 Å². The average molecular weight is 273 g/mol. The van der Waals surface area contributed by atoms with E-state index in [1.807, 2.05) is 43.3 Å². The molecule has 0 amide bonds. The van der Waals surface area contributed by atoms with Crippen LogP contribution in [0.1, 0.15) is 19.4 Å². The third-order valence-electron chi connectivity index (χ3n) is 3.25. The zero-order valence-electron chi connectivity index (χ0n) is 11.7. The van der Waals surface area contributed by atoms with Crippen LogP contribution in [0, 0.1) is 0 Å². The molecule has 0 spiro atoms. The lowest BCUT2D eigenvalue weighted by molar-refractivity contribution is -0.139. The highest BCUT2D eigenvalue weighted by molar-refractivity contribution is 5.87. The van der Waals surface area contributed by atoms with Gasteiger partial charge in [0.2, 0.25) is 0 Å². The second kappa shape index (κ2) is 6.39. The van der Waals surface area contributed by atoms with Gasteiger partial charge in [-0.05, 0) is 30.7 Å². The number of hydrogen-bond acceptors (Lipinski definition) is 3. The number of hydrogen-bond donors (Lipinski definition) is 2. The maximum absolute atomic E-state index is 10.9. The normalized spacial score (nSPS) is 12.3. The van der Waals surface area contributed by atoms with Gasteiger partial charge >= 0.3 is 5.97 Å². The Balaban J connectivity index is 2.36. The summed E-state index contributed by atoms with van der Waals surface area (Å²) in [7, 11) is 0. The summed E-state index contributed by atoms with van der Waals surface area (Å²) in [6.45, 7) is 4.62. The van der Waals surface area contributed by atoms with E-state index in [2.05, 4.69) is 5.32 Å². The summed E-state index contributed by atoms with van der Waals surface area (Å²) in [6.07, 6.45) is 0. The Labute approximate surface area is 118 Å². The molecular formula is C16H19NO3. The van der Waals surface area contributed by atoms with Gasteiger partial charge in [0.25, 0.3) is 0 Å². The van der Waals surface area contributed by atoms with Gasteiger partial charge in [0.15, 0.2) is 0 Å². The van der Waals surface area contributed by atoms with Crippen molar-refractivity contribution in [1.82, 2.24) is 5.32 Å². The summed E-state index contributed by atoms with van der Waals surface area (Å²) in [6, 6.07) is 11.4. The third kappa shape index (κ3) is 3.08. The first-order valence-electron chi connectivity index (χ1n) is 6.73. The van der Waals surface area contributed by atoms with Crippen molar-refractivity contribution in [3.63, 3.8) is 0 Å². The van der Waals surface area contributed by atoms with E-state index in [1.165, 1.54) is 0 Å². The number of aliphatic carboxylic acids is 1. The van der Waals surface area contributed by atoms with Crippen molar-refractivity contribution in [2.75, 3.05) is 6.61 Å². The van der Waals surface area contributed by atoms with Crippen molar-refractivity contribution >= 4 is 16.7 Å². The number of fused-ring (bicyclic) bond motifs is 1. The SMILES string of the molecule is CCOc1ccc2ccccc2c1CNC(C)C(=O)O. The van der Waals surface area contributed by atoms with Crippen LogP contribution in [0.2, 0.25) is 0 Å². The largest absolute Gasteiger partial charge is 0.494 e. The van der Waals surface area contributed by atoms with Crippen molar-refractivity contribution in [1.29, 1.82) is 0 Å². The minimum atomic E-state index is -0.858. The molecular weight excluding hydrogens is 254 g/mol. The lowest BCUT2D eigenvalue weighted by atomic mass is 10.0. The molecule has 1 unspecified atom stereocenters. The molecule has 20 heavy (non-hydrogen) atoms. The maximum Gasteiger partial charge on any atom is 0.320 e. The van der Waals surface area contributed by atoms with E-state index in [1.54, 1.807) is 6.92 Å². The first kappa shape index (κ1) is 14.3. The fourth-order valence-corrected chi connectivity index (χ4v) is 2.13. The lowest BCUT2D eigenvalue weighted by Gasteiger charge is -2.15. The molecule has 0 aliphatic carbocycles. The first-order valence-corrected chi connectivity index (χ1v) is 6.73. The Morgan fingerprint density at radius 2 is 2.05 bits per heavy atom. The standard InChI is InChI=1S/C16H19NO3/c1-3-20-15-9-8-12-6-4-5-7-13(12)14(15)10-17-11(2)16(18)19/h4-9,11,17H,3,10H2,1-2H3,(H,18,19). The molecule has 0 aromatic heterocycles. The van der Waals surface area contributed by atoms with E-state index in [9.17, 15) is 4.79 Å². The molecule has 0 radical (unpaired) electrons. The predicted octanol–water partition coefficient (Wildman–Crippen LogP) is 2.80. The Morgan fingerprint density at radius 3 is 2.75 bits per heavy atom. The molecule has 2 aromatic carbocycles. The summed E-state index contributed by atoms with van der Waals surface area (Å²) in [5.41, 5.74) is 0.998. The summed E-state index contributed by atoms with van der Waals surface area (Å²) >= 11 is 0. The smallest absolute Gasteiger partial charge is 0.320 e. The van der Waals surface area contributed by atoms with Crippen molar-refractivity contribution < 1.29 is 14.6 Å². The van der Waals surface area contributed by atoms with Crippen LogP contribution in [-0.2, 0) is 11.3 Å². The van der Waals surface area contributed by atoms with Gasteiger partial charge in [-0.15, -0.1) is 0 Å². The van der Waals surface area contributed by atoms with E-state index in [4.69, 9.17) is 9.84 Å². The van der Waals surface area contributed by atoms with Crippen molar-refractivity contribution in [2.45, 2.75) is 26.4 Å². The Kier molecular flexibility index (Phi) is 4.58. The number of ether oxygens (including phenoxy) is 1. The molecule has 0 fully saturated rings. The van der Waals surface area contributed by atoms with Crippen molar-refractivity contribution in [3.8, 4) is 5.75 Å². The van der Waals surface area contributed by atoms with Gasteiger partial charge in [0.1, 0.15) is 11.8 Å². The second-order valence-electron chi connectivity index (χ2n) is 4.64. The Hall–Kier alpha value is -2.07. The second-order valence-corrected chi connectivity index (χ2v) is 4.64. The molecule has 1 atom stereocenters. The molecule has 0 saturated carbocycles. The summed E-state index contributed by atoms with van der Waals surface area (Å²) in [4.78, 5) is 10.9. The monoisotopic (exact) mass is 273 g/mol. The average Bonchev–Trinajstić information content (AvgIpc) is 2.45. The third-order valence-corrected chi connectivity index (χ3v) is 3.25. The van der Waals surface area contributed by atoms with Crippen LogP contribution < -0.4 is 10.1 Å². The number of carboxylic acids is 1. The van der Waals surface area contributed by atoms with Gasteiger partial charge in [-0.25, -0.2) is 0 Å². The fraction of sp³-hybridized carbons (Fsp3) is 0.312. The van der Waals surface area contributed by atoms with Crippen LogP contribution in [0.4, 0.5) is 0 Å². The van der Waals surface area contributed by atoms with E-state index < -0.39 is 12.0 Å². The van der Waals surface area contributed by atoms with E-state index in [-0.39, 0.29) is 0 Å². The van der Waals surface area contributed by atoms with Crippen LogP contribution in [0.25, 0.3) is 10.8 Å². The highest BCUT2D eigenvalue weighted by atomic mass is 16.5. The van der Waals surface area contributed by atoms with Gasteiger partial charge in [0.05, 0.1) is 6.61 Å². The first-order chi connectivity index (χ1) is 9.63. The van der Waals surface area contributed by atoms with Crippen LogP contribution in [0.15, 0.2) is 36.4 Å². The molecule has 2 aromatic rings. The molecule has 0 saturated heterocycles. The van der Waals surface area contributed by atoms with Crippen molar-refractivity contribution in [3.05, 3.63) is 42.0 Å². The summed E-state index contributed by atoms with van der Waals surface area (Å²) in [5, 5.41) is 14.2. The molecule has 2 rings (SSSR count). The number of rotatable bonds is 6. The molecule has 0 heterocycles. The molecule has 4 nitrogen and oxygen atoms in total. The number of benzene rings is 2. The Bertz CT molecular complexity index is 610. The van der Waals surface area contributed by atoms with E-state index in [0.29, 0.717) is 13.2 Å². The molecule has 0 aliphatic heterocycles. The highest BCUT2D eigenvalue weighted by Crippen LogP contribution is 2.28. The van der Waals surface area contributed by atoms with E-state index in [0.717, 1.165) is 22.1 Å². The maximum atomic E-state index is 10.9. The predicted molar refractivity (Wildman–Crippen MR) is 79.1 cm³/mol. The number of carboxylic acid groups (broad SMARTS) is 1. The summed E-state index contributed by atoms with van der Waals surface area (Å²) < 4.78 is 5.65. The molecule has 2 N–H and O–H groups in total. The number of carbonyl (C=O) groups is 1. The number of nitrogens with one attached hydrogen (secondary N) is 1. The molecule has 0 bridgehead atoms. The van der Waals surface area contributed by atoms with Gasteiger partial charge in [-0.1, -0.05) is 30.3 Å². The van der Waals surface area contributed by atoms with Crippen LogP contribution in [0.3, 0.4) is 0 Å².